The van der Waals surface area contributed by atoms with Crippen molar-refractivity contribution in [3.8, 4) is 16.9 Å². The minimum Gasteiger partial charge on any atom is -0.496 e. The van der Waals surface area contributed by atoms with Gasteiger partial charge < -0.3 is 14.5 Å². The Bertz CT molecular complexity index is 1280. The van der Waals surface area contributed by atoms with Gasteiger partial charge in [0, 0.05) is 49.1 Å². The number of H-pyrrole nitrogens is 1. The Balaban J connectivity index is 1.89. The molecule has 0 fully saturated rings. The Hall–Kier alpha value is -3.88. The summed E-state index contributed by atoms with van der Waals surface area (Å²) in [5.41, 5.74) is 5.06. The van der Waals surface area contributed by atoms with Gasteiger partial charge in [0.15, 0.2) is 0 Å². The zero-order chi connectivity index (χ0) is 24.9. The summed E-state index contributed by atoms with van der Waals surface area (Å²) in [4.78, 5) is 20.0. The number of carbonyl (C=O) groups excluding carboxylic acids is 1. The van der Waals surface area contributed by atoms with Crippen LogP contribution in [0.2, 0.25) is 0 Å². The second kappa shape index (κ2) is 10.6. The number of amides is 1. The standard InChI is InChI=1S/C26H33N7O2/c1-6-8-19(9-7-2)33-16-20(14-30-33)32(4)26-22-10-21(18-12-28-29-13-18)25(35-5)11-23(22)27-15-24(26)31(3)17-34/h10-17,19H,6-9H2,1-5H3,(H,28,29). The predicted octanol–water partition coefficient (Wildman–Crippen LogP) is 5.33. The molecule has 184 valence electrons. The maximum atomic E-state index is 11.8. The van der Waals surface area contributed by atoms with Crippen LogP contribution >= 0.6 is 0 Å². The molecule has 1 aromatic carbocycles. The highest BCUT2D eigenvalue weighted by Gasteiger charge is 2.21. The summed E-state index contributed by atoms with van der Waals surface area (Å²) in [7, 11) is 5.37. The quantitative estimate of drug-likeness (QED) is 0.295. The zero-order valence-corrected chi connectivity index (χ0v) is 21.0. The van der Waals surface area contributed by atoms with Gasteiger partial charge in [-0.25, -0.2) is 0 Å². The summed E-state index contributed by atoms with van der Waals surface area (Å²) in [6.07, 6.45) is 14.5. The third kappa shape index (κ3) is 4.71. The number of ether oxygens (including phenoxy) is 1. The molecule has 4 aromatic rings. The number of hydrogen-bond donors (Lipinski definition) is 1. The number of methoxy groups -OCH3 is 1. The fourth-order valence-electron chi connectivity index (χ4n) is 4.56. The number of aromatic amines is 1. The number of hydrogen-bond acceptors (Lipinski definition) is 6. The number of benzene rings is 1. The lowest BCUT2D eigenvalue weighted by atomic mass is 10.0. The number of pyridine rings is 1. The normalized spacial score (nSPS) is 11.3. The molecule has 0 unspecified atom stereocenters. The van der Waals surface area contributed by atoms with Crippen molar-refractivity contribution in [1.29, 1.82) is 0 Å². The van der Waals surface area contributed by atoms with Crippen molar-refractivity contribution < 1.29 is 9.53 Å². The highest BCUT2D eigenvalue weighted by molar-refractivity contribution is 6.04. The fraction of sp³-hybridized carbons (Fsp3) is 0.385. The summed E-state index contributed by atoms with van der Waals surface area (Å²) in [6.45, 7) is 4.41. The molecule has 9 nitrogen and oxygen atoms in total. The predicted molar refractivity (Wildman–Crippen MR) is 139 cm³/mol. The Labute approximate surface area is 205 Å². The minimum absolute atomic E-state index is 0.371. The van der Waals surface area contributed by atoms with Gasteiger partial charge in [-0.1, -0.05) is 26.7 Å². The van der Waals surface area contributed by atoms with E-state index in [2.05, 4.69) is 44.8 Å². The molecule has 0 aliphatic heterocycles. The SMILES string of the molecule is CCCC(CCC)n1cc(N(C)c2c(N(C)C=O)cnc3cc(OC)c(-c4cn[nH]c4)cc23)cn1. The Morgan fingerprint density at radius 3 is 2.54 bits per heavy atom. The first-order valence-electron chi connectivity index (χ1n) is 12.0. The van der Waals surface area contributed by atoms with E-state index in [0.717, 1.165) is 65.5 Å². The van der Waals surface area contributed by atoms with Crippen molar-refractivity contribution in [2.75, 3.05) is 31.0 Å². The molecule has 3 heterocycles. The monoisotopic (exact) mass is 475 g/mol. The van der Waals surface area contributed by atoms with Crippen molar-refractivity contribution in [2.24, 2.45) is 0 Å². The van der Waals surface area contributed by atoms with Crippen molar-refractivity contribution in [3.63, 3.8) is 0 Å². The topological polar surface area (TPSA) is 92.2 Å². The molecular weight excluding hydrogens is 442 g/mol. The molecule has 35 heavy (non-hydrogen) atoms. The van der Waals surface area contributed by atoms with Gasteiger partial charge in [-0.3, -0.25) is 19.6 Å². The molecule has 3 aromatic heterocycles. The lowest BCUT2D eigenvalue weighted by Gasteiger charge is -2.26. The van der Waals surface area contributed by atoms with Crippen molar-refractivity contribution in [3.05, 3.63) is 43.1 Å². The van der Waals surface area contributed by atoms with Gasteiger partial charge in [0.1, 0.15) is 5.75 Å². The third-order valence-corrected chi connectivity index (χ3v) is 6.42. The van der Waals surface area contributed by atoms with Gasteiger partial charge in [-0.15, -0.1) is 0 Å². The van der Waals surface area contributed by atoms with Gasteiger partial charge in [-0.05, 0) is 18.9 Å². The van der Waals surface area contributed by atoms with Crippen LogP contribution < -0.4 is 14.5 Å². The third-order valence-electron chi connectivity index (χ3n) is 6.42. The van der Waals surface area contributed by atoms with Crippen LogP contribution in [-0.2, 0) is 4.79 Å². The number of nitrogens with one attached hydrogen (secondary N) is 1. The molecule has 1 amide bonds. The van der Waals surface area contributed by atoms with E-state index in [-0.39, 0.29) is 0 Å². The van der Waals surface area contributed by atoms with E-state index in [1.54, 1.807) is 31.5 Å². The van der Waals surface area contributed by atoms with Crippen LogP contribution in [0.4, 0.5) is 17.1 Å². The van der Waals surface area contributed by atoms with Crippen LogP contribution in [0.5, 0.6) is 5.75 Å². The van der Waals surface area contributed by atoms with Crippen molar-refractivity contribution in [1.82, 2.24) is 25.0 Å². The van der Waals surface area contributed by atoms with E-state index in [9.17, 15) is 4.79 Å². The number of rotatable bonds is 11. The molecule has 0 bridgehead atoms. The number of aromatic nitrogens is 5. The average molecular weight is 476 g/mol. The largest absolute Gasteiger partial charge is 0.496 e. The van der Waals surface area contributed by atoms with Crippen LogP contribution in [0, 0.1) is 0 Å². The van der Waals surface area contributed by atoms with Crippen LogP contribution in [0.3, 0.4) is 0 Å². The number of carbonyl (C=O) groups is 1. The minimum atomic E-state index is 0.371. The molecule has 0 aliphatic carbocycles. The van der Waals surface area contributed by atoms with E-state index >= 15 is 0 Å². The van der Waals surface area contributed by atoms with Gasteiger partial charge in [-0.2, -0.15) is 10.2 Å². The first-order valence-corrected chi connectivity index (χ1v) is 12.0. The summed E-state index contributed by atoms with van der Waals surface area (Å²) in [5.74, 6) is 0.700. The van der Waals surface area contributed by atoms with Crippen LogP contribution in [0.15, 0.2) is 43.1 Å². The molecule has 0 atom stereocenters. The average Bonchev–Trinajstić information content (AvgIpc) is 3.59. The summed E-state index contributed by atoms with van der Waals surface area (Å²) in [6, 6.07) is 4.33. The van der Waals surface area contributed by atoms with Crippen molar-refractivity contribution >= 4 is 34.4 Å². The van der Waals surface area contributed by atoms with Crippen molar-refractivity contribution in [2.45, 2.75) is 45.6 Å². The Morgan fingerprint density at radius 1 is 1.14 bits per heavy atom. The molecule has 0 saturated carbocycles. The van der Waals surface area contributed by atoms with Gasteiger partial charge >= 0.3 is 0 Å². The first kappa shape index (κ1) is 24.3. The lowest BCUT2D eigenvalue weighted by molar-refractivity contribution is -0.107. The maximum Gasteiger partial charge on any atom is 0.213 e. The lowest BCUT2D eigenvalue weighted by Crippen LogP contribution is -2.20. The van der Waals surface area contributed by atoms with Gasteiger partial charge in [0.25, 0.3) is 0 Å². The van der Waals surface area contributed by atoms with E-state index in [0.29, 0.717) is 17.5 Å². The summed E-state index contributed by atoms with van der Waals surface area (Å²) >= 11 is 0. The molecule has 4 rings (SSSR count). The smallest absolute Gasteiger partial charge is 0.213 e. The fourth-order valence-corrected chi connectivity index (χ4v) is 4.56. The molecule has 0 radical (unpaired) electrons. The second-order valence-corrected chi connectivity index (χ2v) is 8.73. The number of nitrogens with zero attached hydrogens (tertiary/aromatic N) is 6. The van der Waals surface area contributed by atoms with E-state index in [1.807, 2.05) is 31.6 Å². The molecule has 9 heteroatoms. The zero-order valence-electron chi connectivity index (χ0n) is 21.0. The van der Waals surface area contributed by atoms with Crippen LogP contribution in [-0.4, -0.2) is 52.6 Å². The molecular formula is C26H33N7O2. The molecule has 0 aliphatic rings. The number of fused-ring (bicyclic) bond motifs is 1. The highest BCUT2D eigenvalue weighted by Crippen LogP contribution is 2.42. The highest BCUT2D eigenvalue weighted by atomic mass is 16.5. The van der Waals surface area contributed by atoms with E-state index in [4.69, 9.17) is 9.84 Å². The van der Waals surface area contributed by atoms with Gasteiger partial charge in [0.05, 0.1) is 54.3 Å². The van der Waals surface area contributed by atoms with E-state index < -0.39 is 0 Å². The van der Waals surface area contributed by atoms with Crippen LogP contribution in [0.25, 0.3) is 22.0 Å². The molecule has 1 N–H and O–H groups in total. The van der Waals surface area contributed by atoms with Gasteiger partial charge in [0.2, 0.25) is 6.41 Å². The molecule has 0 spiro atoms. The van der Waals surface area contributed by atoms with E-state index in [1.165, 1.54) is 0 Å². The first-order chi connectivity index (χ1) is 17.0. The Morgan fingerprint density at radius 2 is 1.91 bits per heavy atom. The summed E-state index contributed by atoms with van der Waals surface area (Å²) < 4.78 is 7.74. The maximum absolute atomic E-state index is 11.8. The molecule has 0 saturated heterocycles. The number of anilines is 3. The summed E-state index contributed by atoms with van der Waals surface area (Å²) in [5, 5.41) is 12.6. The van der Waals surface area contributed by atoms with Crippen LogP contribution in [0.1, 0.15) is 45.6 Å². The Kier molecular flexibility index (Phi) is 7.33. The second-order valence-electron chi connectivity index (χ2n) is 8.73.